The van der Waals surface area contributed by atoms with E-state index in [4.69, 9.17) is 9.47 Å². The molecule has 0 saturated carbocycles. The van der Waals surface area contributed by atoms with Crippen molar-refractivity contribution in [2.75, 3.05) is 39.9 Å². The monoisotopic (exact) mass is 390 g/mol. The van der Waals surface area contributed by atoms with Crippen molar-refractivity contribution < 1.29 is 23.9 Å². The van der Waals surface area contributed by atoms with Crippen LogP contribution >= 0.6 is 0 Å². The van der Waals surface area contributed by atoms with Crippen LogP contribution < -0.4 is 4.74 Å². The molecule has 1 aromatic rings. The molecule has 1 aromatic carbocycles. The lowest BCUT2D eigenvalue weighted by Crippen LogP contribution is -2.57. The van der Waals surface area contributed by atoms with Crippen LogP contribution in [0.5, 0.6) is 5.75 Å². The smallest absolute Gasteiger partial charge is 0.305 e. The number of nitrogens with zero attached hydrogens (tertiary/aromatic N) is 2. The quantitative estimate of drug-likeness (QED) is 0.597. The molecule has 154 valence electrons. The fourth-order valence-electron chi connectivity index (χ4n) is 3.22. The minimum absolute atomic E-state index is 0.00250. The maximum atomic E-state index is 12.5. The normalized spacial score (nSPS) is 17.2. The second-order valence-corrected chi connectivity index (χ2v) is 7.01. The lowest BCUT2D eigenvalue weighted by molar-refractivity contribution is -0.146. The van der Waals surface area contributed by atoms with Gasteiger partial charge in [-0.25, -0.2) is 0 Å². The van der Waals surface area contributed by atoms with Crippen LogP contribution in [0.3, 0.4) is 0 Å². The molecule has 1 heterocycles. The fraction of sp³-hybridized carbons (Fsp3) is 0.571. The van der Waals surface area contributed by atoms with Gasteiger partial charge >= 0.3 is 5.97 Å². The number of hydrogen-bond donors (Lipinski definition) is 0. The van der Waals surface area contributed by atoms with Gasteiger partial charge in [0.05, 0.1) is 19.7 Å². The van der Waals surface area contributed by atoms with E-state index < -0.39 is 0 Å². The van der Waals surface area contributed by atoms with Crippen LogP contribution in [0.4, 0.5) is 0 Å². The number of aryl methyl sites for hydroxylation is 1. The SMILES string of the molecule is CCC(=O)OCC1CN(C(C)=O)CCN1CC(=O)CCc1ccc(OC)cc1. The fourth-order valence-corrected chi connectivity index (χ4v) is 3.22. The highest BCUT2D eigenvalue weighted by atomic mass is 16.5. The molecule has 0 aliphatic carbocycles. The summed E-state index contributed by atoms with van der Waals surface area (Å²) in [6, 6.07) is 7.55. The Bertz CT molecular complexity index is 674. The summed E-state index contributed by atoms with van der Waals surface area (Å²) in [5.41, 5.74) is 1.09. The van der Waals surface area contributed by atoms with E-state index in [9.17, 15) is 14.4 Å². The first kappa shape index (κ1) is 21.9. The summed E-state index contributed by atoms with van der Waals surface area (Å²) in [5.74, 6) is 0.657. The molecule has 7 nitrogen and oxygen atoms in total. The van der Waals surface area contributed by atoms with E-state index in [1.807, 2.05) is 29.2 Å². The Labute approximate surface area is 166 Å². The standard InChI is InChI=1S/C21H30N2O5/c1-4-21(26)28-15-18-13-22(16(2)24)11-12-23(18)14-19(25)8-5-17-6-9-20(27-3)10-7-17/h6-7,9-10,18H,4-5,8,11-15H2,1-3H3. The van der Waals surface area contributed by atoms with Crippen molar-refractivity contribution >= 4 is 17.7 Å². The number of ketones is 1. The largest absolute Gasteiger partial charge is 0.497 e. The maximum absolute atomic E-state index is 12.5. The zero-order valence-corrected chi connectivity index (χ0v) is 17.0. The molecule has 1 aliphatic rings. The molecule has 1 amide bonds. The summed E-state index contributed by atoms with van der Waals surface area (Å²) in [5, 5.41) is 0. The number of piperazine rings is 1. The molecule has 1 atom stereocenters. The molecule has 1 aliphatic heterocycles. The van der Waals surface area contributed by atoms with Gasteiger partial charge in [-0.1, -0.05) is 19.1 Å². The summed E-state index contributed by atoms with van der Waals surface area (Å²) < 4.78 is 10.4. The Morgan fingerprint density at radius 2 is 1.86 bits per heavy atom. The molecule has 0 aromatic heterocycles. The topological polar surface area (TPSA) is 76.2 Å². The Hall–Kier alpha value is -2.41. The first-order valence-corrected chi connectivity index (χ1v) is 9.72. The average molecular weight is 390 g/mol. The third kappa shape index (κ3) is 6.64. The zero-order valence-electron chi connectivity index (χ0n) is 17.0. The van der Waals surface area contributed by atoms with Gasteiger partial charge in [-0.15, -0.1) is 0 Å². The van der Waals surface area contributed by atoms with E-state index in [1.165, 1.54) is 6.92 Å². The molecular formula is C21H30N2O5. The Morgan fingerprint density at radius 3 is 2.46 bits per heavy atom. The highest BCUT2D eigenvalue weighted by Gasteiger charge is 2.30. The van der Waals surface area contributed by atoms with Gasteiger partial charge in [0.2, 0.25) is 5.91 Å². The van der Waals surface area contributed by atoms with E-state index in [0.29, 0.717) is 45.4 Å². The number of esters is 1. The molecule has 0 N–H and O–H groups in total. The van der Waals surface area contributed by atoms with Crippen molar-refractivity contribution in [1.82, 2.24) is 9.80 Å². The molecule has 0 spiro atoms. The Morgan fingerprint density at radius 1 is 1.14 bits per heavy atom. The lowest BCUT2D eigenvalue weighted by Gasteiger charge is -2.40. The number of amides is 1. The second-order valence-electron chi connectivity index (χ2n) is 7.01. The molecule has 0 radical (unpaired) electrons. The number of Topliss-reactive ketones (excluding diaryl/α,β-unsaturated/α-hetero) is 1. The van der Waals surface area contributed by atoms with Crippen molar-refractivity contribution in [2.24, 2.45) is 0 Å². The molecule has 0 bridgehead atoms. The van der Waals surface area contributed by atoms with E-state index in [2.05, 4.69) is 0 Å². The van der Waals surface area contributed by atoms with Gasteiger partial charge in [0.1, 0.15) is 18.1 Å². The van der Waals surface area contributed by atoms with Gasteiger partial charge in [0.15, 0.2) is 0 Å². The van der Waals surface area contributed by atoms with Crippen molar-refractivity contribution in [2.45, 2.75) is 39.2 Å². The van der Waals surface area contributed by atoms with Gasteiger partial charge < -0.3 is 14.4 Å². The maximum Gasteiger partial charge on any atom is 0.305 e. The number of hydrogen-bond acceptors (Lipinski definition) is 6. The van der Waals surface area contributed by atoms with Gasteiger partial charge in [0.25, 0.3) is 0 Å². The predicted molar refractivity (Wildman–Crippen MR) is 105 cm³/mol. The first-order chi connectivity index (χ1) is 13.4. The lowest BCUT2D eigenvalue weighted by atomic mass is 10.1. The van der Waals surface area contributed by atoms with Gasteiger partial charge in [-0.05, 0) is 24.1 Å². The Balaban J connectivity index is 1.89. The third-order valence-corrected chi connectivity index (χ3v) is 5.01. The zero-order chi connectivity index (χ0) is 20.5. The molecule has 2 rings (SSSR count). The number of carbonyl (C=O) groups is 3. The number of rotatable bonds is 9. The first-order valence-electron chi connectivity index (χ1n) is 9.72. The predicted octanol–water partition coefficient (Wildman–Crippen LogP) is 1.68. The summed E-state index contributed by atoms with van der Waals surface area (Å²) in [4.78, 5) is 39.5. The number of benzene rings is 1. The Kier molecular flexibility index (Phi) is 8.44. The summed E-state index contributed by atoms with van der Waals surface area (Å²) >= 11 is 0. The van der Waals surface area contributed by atoms with Crippen LogP contribution in [0.2, 0.25) is 0 Å². The van der Waals surface area contributed by atoms with Gasteiger partial charge in [-0.2, -0.15) is 0 Å². The minimum atomic E-state index is -0.272. The molecular weight excluding hydrogens is 360 g/mol. The van der Waals surface area contributed by atoms with Crippen LogP contribution in [-0.4, -0.2) is 73.4 Å². The third-order valence-electron chi connectivity index (χ3n) is 5.01. The second kappa shape index (κ2) is 10.8. The van der Waals surface area contributed by atoms with Crippen LogP contribution in [-0.2, 0) is 25.5 Å². The van der Waals surface area contributed by atoms with Crippen LogP contribution in [0.25, 0.3) is 0 Å². The summed E-state index contributed by atoms with van der Waals surface area (Å²) in [7, 11) is 1.62. The van der Waals surface area contributed by atoms with Crippen molar-refractivity contribution in [3.8, 4) is 5.75 Å². The van der Waals surface area contributed by atoms with E-state index in [0.717, 1.165) is 11.3 Å². The van der Waals surface area contributed by atoms with E-state index in [-0.39, 0.29) is 30.3 Å². The summed E-state index contributed by atoms with van der Waals surface area (Å²) in [6.07, 6.45) is 1.43. The highest BCUT2D eigenvalue weighted by molar-refractivity contribution is 5.81. The molecule has 1 unspecified atom stereocenters. The molecule has 28 heavy (non-hydrogen) atoms. The molecule has 7 heteroatoms. The van der Waals surface area contributed by atoms with Gasteiger partial charge in [0, 0.05) is 39.4 Å². The average Bonchev–Trinajstić information content (AvgIpc) is 2.71. The molecule has 1 fully saturated rings. The van der Waals surface area contributed by atoms with Crippen LogP contribution in [0, 0.1) is 0 Å². The van der Waals surface area contributed by atoms with Crippen molar-refractivity contribution in [1.29, 1.82) is 0 Å². The van der Waals surface area contributed by atoms with E-state index in [1.54, 1.807) is 18.9 Å². The van der Waals surface area contributed by atoms with Gasteiger partial charge in [-0.3, -0.25) is 19.3 Å². The highest BCUT2D eigenvalue weighted by Crippen LogP contribution is 2.14. The van der Waals surface area contributed by atoms with Crippen molar-refractivity contribution in [3.05, 3.63) is 29.8 Å². The number of methoxy groups -OCH3 is 1. The van der Waals surface area contributed by atoms with Crippen LogP contribution in [0.1, 0.15) is 32.3 Å². The minimum Gasteiger partial charge on any atom is -0.497 e. The van der Waals surface area contributed by atoms with Crippen molar-refractivity contribution in [3.63, 3.8) is 0 Å². The summed E-state index contributed by atoms with van der Waals surface area (Å²) in [6.45, 7) is 5.42. The molecule has 1 saturated heterocycles. The van der Waals surface area contributed by atoms with E-state index >= 15 is 0 Å². The number of carbonyl (C=O) groups excluding carboxylic acids is 3. The van der Waals surface area contributed by atoms with Crippen LogP contribution in [0.15, 0.2) is 24.3 Å². The number of ether oxygens (including phenoxy) is 2.